The van der Waals surface area contributed by atoms with Crippen molar-refractivity contribution in [3.63, 3.8) is 0 Å². The van der Waals surface area contributed by atoms with Crippen LogP contribution in [0.25, 0.3) is 0 Å². The number of β-lactam (4-membered cyclic amide) rings is 3. The van der Waals surface area contributed by atoms with Gasteiger partial charge in [0.05, 0.1) is 23.2 Å². The van der Waals surface area contributed by atoms with Crippen molar-refractivity contribution in [3.8, 4) is 0 Å². The average Bonchev–Trinajstić information content (AvgIpc) is 0.959. The molecule has 91 heavy (non-hydrogen) atoms. The van der Waals surface area contributed by atoms with Crippen LogP contribution in [-0.4, -0.2) is 67.7 Å². The summed E-state index contributed by atoms with van der Waals surface area (Å²) in [5.74, 6) is -0.156. The standard InChI is InChI=1S/C29H26N2O2.2C25H26N2O2/c32-27-26(28(30-27)33-21-22-13-5-1-6-14-22)31-29(23-15-7-2-8-16-23,24-17-9-3-10-18-24)25-19-11-4-12-20-25;2*1-2-18-29-24-22(23(28)26-24)27-25(19-12-6-3-7-13-19,20-14-8-4-9-15-20)21-16-10-5-11-17-21/h1-20,26,28,31H,21H2,(H,30,32);2*3-17,22,24,27H,2,18H2,1H3,(H,26,28)/t26-,28-;22-,24+;22-,24-/m111/s1. The van der Waals surface area contributed by atoms with Crippen LogP contribution in [0.5, 0.6) is 0 Å². The molecule has 3 saturated heterocycles. The second kappa shape index (κ2) is 30.3. The molecule has 3 aliphatic rings. The van der Waals surface area contributed by atoms with E-state index in [1.165, 1.54) is 0 Å². The minimum Gasteiger partial charge on any atom is -0.356 e. The Morgan fingerprint density at radius 1 is 0.286 bits per heavy atom. The van der Waals surface area contributed by atoms with Gasteiger partial charge in [-0.3, -0.25) is 30.3 Å². The van der Waals surface area contributed by atoms with E-state index in [0.717, 1.165) is 68.5 Å². The summed E-state index contributed by atoms with van der Waals surface area (Å²) in [6, 6.07) is 101. The zero-order chi connectivity index (χ0) is 62.7. The predicted octanol–water partition coefficient (Wildman–Crippen LogP) is 12.2. The Morgan fingerprint density at radius 3 is 0.659 bits per heavy atom. The van der Waals surface area contributed by atoms with Crippen LogP contribution in [0.1, 0.15) is 82.3 Å². The number of carbonyl (C=O) groups is 3. The van der Waals surface area contributed by atoms with E-state index in [2.05, 4.69) is 155 Å². The van der Waals surface area contributed by atoms with Gasteiger partial charge >= 0.3 is 0 Å². The van der Waals surface area contributed by atoms with Crippen LogP contribution in [0.2, 0.25) is 0 Å². The molecule has 0 saturated carbocycles. The number of benzene rings is 10. The van der Waals surface area contributed by atoms with Gasteiger partial charge in [-0.25, -0.2) is 0 Å². The molecule has 13 rings (SSSR count). The van der Waals surface area contributed by atoms with Crippen LogP contribution in [0.15, 0.2) is 303 Å². The lowest BCUT2D eigenvalue weighted by molar-refractivity contribution is -0.150. The highest BCUT2D eigenvalue weighted by Crippen LogP contribution is 2.41. The van der Waals surface area contributed by atoms with Gasteiger partial charge in [0.1, 0.15) is 18.1 Å². The minimum absolute atomic E-state index is 0.0433. The van der Waals surface area contributed by atoms with E-state index in [-0.39, 0.29) is 30.2 Å². The molecule has 0 radical (unpaired) electrons. The third kappa shape index (κ3) is 13.9. The third-order valence-electron chi connectivity index (χ3n) is 16.9. The normalized spacial score (nSPS) is 18.4. The molecule has 10 aromatic rings. The number of carbonyl (C=O) groups excluding carboxylic acids is 3. The highest BCUT2D eigenvalue weighted by molar-refractivity contribution is 5.90. The fourth-order valence-corrected chi connectivity index (χ4v) is 12.3. The van der Waals surface area contributed by atoms with Gasteiger partial charge in [-0.1, -0.05) is 317 Å². The number of hydrogen-bond acceptors (Lipinski definition) is 9. The third-order valence-corrected chi connectivity index (χ3v) is 16.9. The SMILES string of the molecule is CCCO[C@@H]1NC(=O)[C@H]1NC(c1ccccc1)(c1ccccc1)c1ccccc1.CCCO[C@H]1NC(=O)[C@H]1NC(c1ccccc1)(c1ccccc1)c1ccccc1.O=C1N[C@H](OCc2ccccc2)[C@@H]1NC(c1ccccc1)(c1ccccc1)c1ccccc1. The van der Waals surface area contributed by atoms with E-state index in [9.17, 15) is 14.4 Å². The lowest BCUT2D eigenvalue weighted by Gasteiger charge is -2.45. The first kappa shape index (κ1) is 63.0. The molecule has 12 nitrogen and oxygen atoms in total. The van der Waals surface area contributed by atoms with Gasteiger partial charge in [-0.05, 0) is 68.5 Å². The van der Waals surface area contributed by atoms with Crippen molar-refractivity contribution in [1.82, 2.24) is 31.9 Å². The second-order valence-corrected chi connectivity index (χ2v) is 22.7. The summed E-state index contributed by atoms with van der Waals surface area (Å²) in [6.07, 6.45) is 0.713. The van der Waals surface area contributed by atoms with E-state index < -0.39 is 41.0 Å². The van der Waals surface area contributed by atoms with E-state index in [0.29, 0.717) is 19.8 Å². The van der Waals surface area contributed by atoms with Gasteiger partial charge in [-0.15, -0.1) is 0 Å². The molecule has 10 aromatic carbocycles. The monoisotopic (exact) mass is 1210 g/mol. The Kier molecular flexibility index (Phi) is 20.9. The molecule has 3 fully saturated rings. The Morgan fingerprint density at radius 2 is 0.473 bits per heavy atom. The topological polar surface area (TPSA) is 151 Å². The van der Waals surface area contributed by atoms with Crippen molar-refractivity contribution >= 4 is 17.7 Å². The van der Waals surface area contributed by atoms with Crippen LogP contribution in [-0.2, 0) is 51.8 Å². The van der Waals surface area contributed by atoms with Crippen LogP contribution in [0, 0.1) is 0 Å². The first-order valence-electron chi connectivity index (χ1n) is 31.4. The molecular weight excluding hydrogens is 1130 g/mol. The lowest BCUT2D eigenvalue weighted by Crippen LogP contribution is -2.72. The first-order chi connectivity index (χ1) is 44.8. The number of ether oxygens (including phenoxy) is 3. The van der Waals surface area contributed by atoms with E-state index in [1.54, 1.807) is 0 Å². The largest absolute Gasteiger partial charge is 0.356 e. The maximum atomic E-state index is 12.8. The number of hydrogen-bond donors (Lipinski definition) is 6. The maximum Gasteiger partial charge on any atom is 0.243 e. The fraction of sp³-hybridized carbons (Fsp3) is 0.203. The highest BCUT2D eigenvalue weighted by atomic mass is 16.5. The molecule has 0 spiro atoms. The van der Waals surface area contributed by atoms with Crippen molar-refractivity contribution in [3.05, 3.63) is 359 Å². The molecule has 6 atom stereocenters. The molecule has 3 heterocycles. The average molecular weight is 1210 g/mol. The van der Waals surface area contributed by atoms with Gasteiger partial charge in [0.25, 0.3) is 0 Å². The molecule has 0 aromatic heterocycles. The Hall–Kier alpha value is -9.63. The van der Waals surface area contributed by atoms with Crippen molar-refractivity contribution in [1.29, 1.82) is 0 Å². The molecule has 460 valence electrons. The Bertz CT molecular complexity index is 3400. The zero-order valence-electron chi connectivity index (χ0n) is 51.3. The summed E-state index contributed by atoms with van der Waals surface area (Å²) in [4.78, 5) is 37.8. The van der Waals surface area contributed by atoms with E-state index in [4.69, 9.17) is 14.2 Å². The van der Waals surface area contributed by atoms with Crippen LogP contribution < -0.4 is 31.9 Å². The molecule has 6 N–H and O–H groups in total. The second-order valence-electron chi connectivity index (χ2n) is 22.7. The summed E-state index contributed by atoms with van der Waals surface area (Å²) in [5, 5.41) is 19.8. The maximum absolute atomic E-state index is 12.8. The van der Waals surface area contributed by atoms with Gasteiger partial charge in [0.2, 0.25) is 17.7 Å². The predicted molar refractivity (Wildman–Crippen MR) is 358 cm³/mol. The molecular formula is C79H78N6O6. The number of nitrogens with one attached hydrogen (secondary N) is 6. The van der Waals surface area contributed by atoms with Gasteiger partial charge in [0.15, 0.2) is 18.7 Å². The molecule has 3 aliphatic heterocycles. The smallest absolute Gasteiger partial charge is 0.243 e. The Labute approximate surface area is 534 Å². The first-order valence-corrected chi connectivity index (χ1v) is 31.4. The fourth-order valence-electron chi connectivity index (χ4n) is 12.3. The van der Waals surface area contributed by atoms with Crippen molar-refractivity contribution in [2.45, 2.75) is 86.7 Å². The van der Waals surface area contributed by atoms with Gasteiger partial charge in [0, 0.05) is 13.2 Å². The van der Waals surface area contributed by atoms with E-state index in [1.807, 2.05) is 194 Å². The van der Waals surface area contributed by atoms with Crippen molar-refractivity contribution < 1.29 is 28.6 Å². The molecule has 0 aliphatic carbocycles. The molecule has 0 bridgehead atoms. The number of amides is 3. The molecule has 12 heteroatoms. The highest BCUT2D eigenvalue weighted by Gasteiger charge is 2.50. The summed E-state index contributed by atoms with van der Waals surface area (Å²) in [6.45, 7) is 5.77. The van der Waals surface area contributed by atoms with Crippen LogP contribution >= 0.6 is 0 Å². The number of rotatable bonds is 24. The summed E-state index contributed by atoms with van der Waals surface area (Å²) >= 11 is 0. The van der Waals surface area contributed by atoms with Crippen LogP contribution in [0.3, 0.4) is 0 Å². The zero-order valence-corrected chi connectivity index (χ0v) is 51.3. The minimum atomic E-state index is -0.722. The molecule has 3 amide bonds. The summed E-state index contributed by atoms with van der Waals surface area (Å²) < 4.78 is 17.8. The lowest BCUT2D eigenvalue weighted by atomic mass is 9.76. The van der Waals surface area contributed by atoms with Crippen molar-refractivity contribution in [2.75, 3.05) is 13.2 Å². The summed E-state index contributed by atoms with van der Waals surface area (Å²) in [7, 11) is 0. The van der Waals surface area contributed by atoms with Gasteiger partial charge in [-0.2, -0.15) is 0 Å². The van der Waals surface area contributed by atoms with E-state index >= 15 is 0 Å². The summed E-state index contributed by atoms with van der Waals surface area (Å²) in [5.41, 5.74) is 8.61. The van der Waals surface area contributed by atoms with Gasteiger partial charge < -0.3 is 30.2 Å². The van der Waals surface area contributed by atoms with Crippen LogP contribution in [0.4, 0.5) is 0 Å². The quantitative estimate of drug-likeness (QED) is 0.0257. The Balaban J connectivity index is 0.000000141. The van der Waals surface area contributed by atoms with Crippen molar-refractivity contribution in [2.24, 2.45) is 0 Å². The molecule has 0 unspecified atom stereocenters.